The fourth-order valence-electron chi connectivity index (χ4n) is 0.868. The maximum atomic E-state index is 5.72. The van der Waals surface area contributed by atoms with E-state index in [1.807, 2.05) is 6.92 Å². The molecule has 2 N–H and O–H groups in total. The molecule has 13 heavy (non-hydrogen) atoms. The van der Waals surface area contributed by atoms with Crippen LogP contribution < -0.4 is 5.73 Å². The summed E-state index contributed by atoms with van der Waals surface area (Å²) >= 11 is 5.25. The van der Waals surface area contributed by atoms with E-state index in [4.69, 9.17) is 5.73 Å². The number of thioether (sulfide) groups is 1. The first kappa shape index (κ1) is 10.9. The molecular formula is C9H13BrN2S. The summed E-state index contributed by atoms with van der Waals surface area (Å²) in [5, 5.41) is 1.04. The number of hydrogen-bond donors (Lipinski definition) is 1. The van der Waals surface area contributed by atoms with Crippen molar-refractivity contribution in [3.05, 3.63) is 16.2 Å². The van der Waals surface area contributed by atoms with Crippen molar-refractivity contribution in [1.82, 2.24) is 4.98 Å². The summed E-state index contributed by atoms with van der Waals surface area (Å²) in [4.78, 5) is 4.27. The number of nitrogen functional groups attached to an aromatic ring is 1. The second kappa shape index (κ2) is 4.86. The van der Waals surface area contributed by atoms with E-state index >= 15 is 0 Å². The summed E-state index contributed by atoms with van der Waals surface area (Å²) in [7, 11) is 0. The Labute approximate surface area is 91.4 Å². The van der Waals surface area contributed by atoms with Gasteiger partial charge in [0.2, 0.25) is 0 Å². The molecule has 72 valence electrons. The monoisotopic (exact) mass is 260 g/mol. The highest BCUT2D eigenvalue weighted by atomic mass is 79.9. The van der Waals surface area contributed by atoms with Gasteiger partial charge >= 0.3 is 0 Å². The molecule has 0 saturated carbocycles. The van der Waals surface area contributed by atoms with E-state index in [9.17, 15) is 0 Å². The third kappa shape index (κ3) is 2.61. The third-order valence-corrected chi connectivity index (χ3v) is 4.14. The maximum Gasteiger partial charge on any atom is 0.111 e. The lowest BCUT2D eigenvalue weighted by Crippen LogP contribution is -1.94. The molecule has 1 aromatic heterocycles. The smallest absolute Gasteiger partial charge is 0.111 e. The van der Waals surface area contributed by atoms with Crippen molar-refractivity contribution in [3.8, 4) is 0 Å². The van der Waals surface area contributed by atoms with Gasteiger partial charge in [-0.15, -0.1) is 11.8 Å². The van der Waals surface area contributed by atoms with E-state index in [0.717, 1.165) is 32.9 Å². The molecule has 0 aliphatic carbocycles. The van der Waals surface area contributed by atoms with Crippen LogP contribution in [0.5, 0.6) is 0 Å². The van der Waals surface area contributed by atoms with Gasteiger partial charge in [0.25, 0.3) is 0 Å². The minimum atomic E-state index is 0.743. The molecule has 0 amide bonds. The molecule has 0 spiro atoms. The minimum Gasteiger partial charge on any atom is -0.397 e. The molecule has 0 aliphatic heterocycles. The number of aromatic nitrogens is 1. The first-order valence-electron chi connectivity index (χ1n) is 4.20. The zero-order valence-corrected chi connectivity index (χ0v) is 10.2. The Kier molecular flexibility index (Phi) is 4.06. The third-order valence-electron chi connectivity index (χ3n) is 1.71. The zero-order valence-electron chi connectivity index (χ0n) is 7.80. The molecular weight excluding hydrogens is 248 g/mol. The van der Waals surface area contributed by atoms with Crippen LogP contribution in [-0.4, -0.2) is 10.7 Å². The van der Waals surface area contributed by atoms with E-state index in [0.29, 0.717) is 0 Å². The molecule has 0 bridgehead atoms. The van der Waals surface area contributed by atoms with Gasteiger partial charge in [-0.3, -0.25) is 0 Å². The average molecular weight is 261 g/mol. The lowest BCUT2D eigenvalue weighted by molar-refractivity contribution is 1.06. The quantitative estimate of drug-likeness (QED) is 0.849. The van der Waals surface area contributed by atoms with Crippen LogP contribution in [0.1, 0.15) is 18.9 Å². The van der Waals surface area contributed by atoms with E-state index in [1.165, 1.54) is 0 Å². The van der Waals surface area contributed by atoms with Gasteiger partial charge in [0, 0.05) is 0 Å². The Balaban J connectivity index is 2.90. The maximum absolute atomic E-state index is 5.72. The number of nitrogens with zero attached hydrogens (tertiary/aromatic N) is 1. The van der Waals surface area contributed by atoms with Crippen LogP contribution in [0.25, 0.3) is 0 Å². The lowest BCUT2D eigenvalue weighted by atomic mass is 10.3. The minimum absolute atomic E-state index is 0.743. The van der Waals surface area contributed by atoms with Crippen LogP contribution in [-0.2, 0) is 0 Å². The first-order valence-corrected chi connectivity index (χ1v) is 5.98. The first-order chi connectivity index (χ1) is 6.16. The second-order valence-electron chi connectivity index (χ2n) is 2.81. The van der Waals surface area contributed by atoms with Crippen LogP contribution in [0.2, 0.25) is 0 Å². The topological polar surface area (TPSA) is 38.9 Å². The van der Waals surface area contributed by atoms with Gasteiger partial charge in [0.05, 0.1) is 16.4 Å². The molecule has 1 rings (SSSR count). The summed E-state index contributed by atoms with van der Waals surface area (Å²) in [5.41, 5.74) is 7.54. The van der Waals surface area contributed by atoms with Crippen LogP contribution >= 0.6 is 27.7 Å². The van der Waals surface area contributed by atoms with Gasteiger partial charge in [0.1, 0.15) is 5.03 Å². The van der Waals surface area contributed by atoms with Gasteiger partial charge in [-0.05, 0) is 40.6 Å². The number of rotatable bonds is 3. The van der Waals surface area contributed by atoms with Gasteiger partial charge in [0.15, 0.2) is 0 Å². The van der Waals surface area contributed by atoms with Crippen LogP contribution in [0.3, 0.4) is 0 Å². The Morgan fingerprint density at radius 3 is 2.92 bits per heavy atom. The Hall–Kier alpha value is -0.220. The van der Waals surface area contributed by atoms with E-state index in [-0.39, 0.29) is 0 Å². The van der Waals surface area contributed by atoms with Gasteiger partial charge in [-0.1, -0.05) is 6.92 Å². The van der Waals surface area contributed by atoms with E-state index in [2.05, 4.69) is 27.8 Å². The van der Waals surface area contributed by atoms with Gasteiger partial charge in [-0.25, -0.2) is 4.98 Å². The highest BCUT2D eigenvalue weighted by Gasteiger charge is 2.06. The van der Waals surface area contributed by atoms with Gasteiger partial charge < -0.3 is 5.73 Å². The summed E-state index contributed by atoms with van der Waals surface area (Å²) in [6.45, 7) is 4.15. The fraction of sp³-hybridized carbons (Fsp3) is 0.444. The highest BCUT2D eigenvalue weighted by molar-refractivity contribution is 9.10. The Morgan fingerprint density at radius 1 is 1.62 bits per heavy atom. The highest BCUT2D eigenvalue weighted by Crippen LogP contribution is 2.30. The number of hydrogen-bond acceptors (Lipinski definition) is 3. The largest absolute Gasteiger partial charge is 0.397 e. The van der Waals surface area contributed by atoms with Crippen molar-refractivity contribution in [2.24, 2.45) is 0 Å². The van der Waals surface area contributed by atoms with Crippen molar-refractivity contribution in [3.63, 3.8) is 0 Å². The average Bonchev–Trinajstić information content (AvgIpc) is 2.13. The van der Waals surface area contributed by atoms with Crippen molar-refractivity contribution in [1.29, 1.82) is 0 Å². The summed E-state index contributed by atoms with van der Waals surface area (Å²) < 4.78 is 1.03. The molecule has 1 aromatic rings. The van der Waals surface area contributed by atoms with Crippen LogP contribution in [0, 0.1) is 6.92 Å². The standard InChI is InChI=1S/C9H13BrN2S/c1-3-4-13-9-8(10)6(2)7(11)5-12-9/h5H,3-4,11H2,1-2H3. The molecule has 0 aliphatic rings. The fourth-order valence-corrected chi connectivity index (χ4v) is 2.35. The number of pyridine rings is 1. The Morgan fingerprint density at radius 2 is 2.31 bits per heavy atom. The van der Waals surface area contributed by atoms with Crippen molar-refractivity contribution < 1.29 is 0 Å². The molecule has 0 radical (unpaired) electrons. The number of nitrogens with two attached hydrogens (primary N) is 1. The zero-order chi connectivity index (χ0) is 9.84. The van der Waals surface area contributed by atoms with Crippen molar-refractivity contribution >= 4 is 33.4 Å². The second-order valence-corrected chi connectivity index (χ2v) is 4.68. The predicted octanol–water partition coefficient (Wildman–Crippen LogP) is 3.24. The molecule has 0 aromatic carbocycles. The molecule has 1 heterocycles. The Bertz CT molecular complexity index is 302. The van der Waals surface area contributed by atoms with E-state index in [1.54, 1.807) is 18.0 Å². The molecule has 0 saturated heterocycles. The van der Waals surface area contributed by atoms with Crippen LogP contribution in [0.4, 0.5) is 5.69 Å². The number of anilines is 1. The molecule has 0 unspecified atom stereocenters. The van der Waals surface area contributed by atoms with Crippen molar-refractivity contribution in [2.45, 2.75) is 25.3 Å². The summed E-state index contributed by atoms with van der Waals surface area (Å²) in [6, 6.07) is 0. The van der Waals surface area contributed by atoms with Crippen LogP contribution in [0.15, 0.2) is 15.7 Å². The van der Waals surface area contributed by atoms with Crippen molar-refractivity contribution in [2.75, 3.05) is 11.5 Å². The summed E-state index contributed by atoms with van der Waals surface area (Å²) in [6.07, 6.45) is 2.88. The predicted molar refractivity (Wildman–Crippen MR) is 62.1 cm³/mol. The van der Waals surface area contributed by atoms with E-state index < -0.39 is 0 Å². The molecule has 0 fully saturated rings. The molecule has 4 heteroatoms. The molecule has 2 nitrogen and oxygen atoms in total. The van der Waals surface area contributed by atoms with Gasteiger partial charge in [-0.2, -0.15) is 0 Å². The SMILES string of the molecule is CCCSc1ncc(N)c(C)c1Br. The normalized spacial score (nSPS) is 10.4. The lowest BCUT2D eigenvalue weighted by Gasteiger charge is -2.06. The molecule has 0 atom stereocenters. The number of halogens is 1. The summed E-state index contributed by atoms with van der Waals surface area (Å²) in [5.74, 6) is 1.09.